The molecule has 0 aliphatic carbocycles. The molecule has 0 radical (unpaired) electrons. The number of ether oxygens (including phenoxy) is 1. The van der Waals surface area contributed by atoms with Crippen LogP contribution in [0, 0.1) is 0 Å². The number of benzene rings is 1. The molecule has 17 heavy (non-hydrogen) atoms. The largest absolute Gasteiger partial charge is 0.494 e. The first-order valence-electron chi connectivity index (χ1n) is 5.56. The van der Waals surface area contributed by atoms with E-state index in [-0.39, 0.29) is 0 Å². The van der Waals surface area contributed by atoms with E-state index in [2.05, 4.69) is 4.98 Å². The van der Waals surface area contributed by atoms with Crippen molar-refractivity contribution in [1.82, 2.24) is 9.55 Å². The summed E-state index contributed by atoms with van der Waals surface area (Å²) in [5, 5.41) is 0. The molecule has 0 aliphatic heterocycles. The third kappa shape index (κ3) is 2.61. The van der Waals surface area contributed by atoms with Crippen molar-refractivity contribution in [2.24, 2.45) is 7.05 Å². The van der Waals surface area contributed by atoms with Gasteiger partial charge in [-0.25, -0.2) is 4.98 Å². The molecule has 0 saturated heterocycles. The monoisotopic (exact) mass is 250 g/mol. The average Bonchev–Trinajstić information content (AvgIpc) is 2.72. The summed E-state index contributed by atoms with van der Waals surface area (Å²) in [7, 11) is 1.95. The topological polar surface area (TPSA) is 27.1 Å². The molecule has 0 saturated carbocycles. The Morgan fingerprint density at radius 2 is 2.00 bits per heavy atom. The number of imidazole rings is 1. The molecule has 90 valence electrons. The van der Waals surface area contributed by atoms with Gasteiger partial charge in [-0.1, -0.05) is 0 Å². The van der Waals surface area contributed by atoms with Crippen LogP contribution in [0.5, 0.6) is 5.75 Å². The zero-order valence-corrected chi connectivity index (χ0v) is 10.7. The molecule has 0 aliphatic rings. The maximum Gasteiger partial charge on any atom is 0.124 e. The zero-order valence-electron chi connectivity index (χ0n) is 9.98. The fourth-order valence-corrected chi connectivity index (χ4v) is 1.90. The van der Waals surface area contributed by atoms with Crippen LogP contribution >= 0.6 is 11.6 Å². The number of hydrogen-bond acceptors (Lipinski definition) is 2. The van der Waals surface area contributed by atoms with Crippen molar-refractivity contribution in [2.45, 2.75) is 12.8 Å². The van der Waals surface area contributed by atoms with Crippen LogP contribution in [0.1, 0.15) is 12.7 Å². The molecule has 0 fully saturated rings. The van der Waals surface area contributed by atoms with Gasteiger partial charge in [-0.05, 0) is 31.2 Å². The van der Waals surface area contributed by atoms with Crippen molar-refractivity contribution in [3.63, 3.8) is 0 Å². The Hall–Kier alpha value is -1.48. The van der Waals surface area contributed by atoms with Crippen molar-refractivity contribution >= 4 is 11.6 Å². The van der Waals surface area contributed by atoms with Gasteiger partial charge in [-0.15, -0.1) is 11.6 Å². The molecular weight excluding hydrogens is 236 g/mol. The standard InChI is InChI=1S/C13H15ClN2O/c1-3-17-11-6-4-10(5-7-11)12-9-16(2)13(8-14)15-12/h4-7,9H,3,8H2,1-2H3. The summed E-state index contributed by atoms with van der Waals surface area (Å²) < 4.78 is 7.34. The van der Waals surface area contributed by atoms with Gasteiger partial charge in [0.25, 0.3) is 0 Å². The lowest BCUT2D eigenvalue weighted by Crippen LogP contribution is -1.91. The van der Waals surface area contributed by atoms with Crippen LogP contribution in [-0.2, 0) is 12.9 Å². The molecule has 1 aromatic carbocycles. The molecule has 4 heteroatoms. The Balaban J connectivity index is 2.26. The first-order valence-corrected chi connectivity index (χ1v) is 6.09. The van der Waals surface area contributed by atoms with Crippen molar-refractivity contribution in [3.8, 4) is 17.0 Å². The van der Waals surface area contributed by atoms with E-state index in [0.717, 1.165) is 22.8 Å². The highest BCUT2D eigenvalue weighted by Gasteiger charge is 2.06. The van der Waals surface area contributed by atoms with Gasteiger partial charge >= 0.3 is 0 Å². The van der Waals surface area contributed by atoms with Gasteiger partial charge in [0.05, 0.1) is 18.2 Å². The molecule has 2 aromatic rings. The minimum Gasteiger partial charge on any atom is -0.494 e. The summed E-state index contributed by atoms with van der Waals surface area (Å²) >= 11 is 5.80. The second-order valence-corrected chi connectivity index (χ2v) is 4.01. The molecule has 2 rings (SSSR count). The first-order chi connectivity index (χ1) is 8.24. The van der Waals surface area contributed by atoms with E-state index < -0.39 is 0 Å². The molecule has 1 aromatic heterocycles. The fourth-order valence-electron chi connectivity index (χ4n) is 1.66. The molecule has 0 N–H and O–H groups in total. The summed E-state index contributed by atoms with van der Waals surface area (Å²) in [5.41, 5.74) is 2.01. The highest BCUT2D eigenvalue weighted by atomic mass is 35.5. The van der Waals surface area contributed by atoms with Crippen LogP contribution < -0.4 is 4.74 Å². The Labute approximate surface area is 106 Å². The van der Waals surface area contributed by atoms with Gasteiger partial charge in [0.15, 0.2) is 0 Å². The Kier molecular flexibility index (Phi) is 3.69. The molecule has 0 amide bonds. The van der Waals surface area contributed by atoms with Gasteiger partial charge in [0.2, 0.25) is 0 Å². The molecular formula is C13H15ClN2O. The SMILES string of the molecule is CCOc1ccc(-c2cn(C)c(CCl)n2)cc1. The van der Waals surface area contributed by atoms with Gasteiger partial charge in [0.1, 0.15) is 11.6 Å². The van der Waals surface area contributed by atoms with Crippen LogP contribution in [0.3, 0.4) is 0 Å². The van der Waals surface area contributed by atoms with Crippen LogP contribution in [0.2, 0.25) is 0 Å². The van der Waals surface area contributed by atoms with Crippen molar-refractivity contribution in [1.29, 1.82) is 0 Å². The van der Waals surface area contributed by atoms with Crippen molar-refractivity contribution in [2.75, 3.05) is 6.61 Å². The van der Waals surface area contributed by atoms with E-state index in [1.54, 1.807) is 0 Å². The first kappa shape index (κ1) is 12.0. The van der Waals surface area contributed by atoms with Crippen LogP contribution in [0.25, 0.3) is 11.3 Å². The molecule has 1 heterocycles. The van der Waals surface area contributed by atoms with E-state index in [9.17, 15) is 0 Å². The van der Waals surface area contributed by atoms with Gasteiger partial charge in [0, 0.05) is 18.8 Å². The van der Waals surface area contributed by atoms with E-state index >= 15 is 0 Å². The third-order valence-electron chi connectivity index (χ3n) is 2.55. The predicted octanol–water partition coefficient (Wildman–Crippen LogP) is 3.22. The Morgan fingerprint density at radius 1 is 1.29 bits per heavy atom. The van der Waals surface area contributed by atoms with E-state index in [1.807, 2.05) is 49.0 Å². The molecule has 0 spiro atoms. The molecule has 0 atom stereocenters. The van der Waals surface area contributed by atoms with Crippen LogP contribution in [0.15, 0.2) is 30.5 Å². The zero-order chi connectivity index (χ0) is 12.3. The van der Waals surface area contributed by atoms with E-state index in [1.165, 1.54) is 0 Å². The van der Waals surface area contributed by atoms with Gasteiger partial charge in [-0.2, -0.15) is 0 Å². The number of hydrogen-bond donors (Lipinski definition) is 0. The average molecular weight is 251 g/mol. The highest BCUT2D eigenvalue weighted by molar-refractivity contribution is 6.16. The van der Waals surface area contributed by atoms with Crippen LogP contribution in [0.4, 0.5) is 0 Å². The summed E-state index contributed by atoms with van der Waals surface area (Å²) in [6.07, 6.45) is 1.98. The number of aromatic nitrogens is 2. The summed E-state index contributed by atoms with van der Waals surface area (Å²) in [5.74, 6) is 2.17. The highest BCUT2D eigenvalue weighted by Crippen LogP contribution is 2.22. The lowest BCUT2D eigenvalue weighted by atomic mass is 10.2. The van der Waals surface area contributed by atoms with Crippen molar-refractivity contribution < 1.29 is 4.74 Å². The lowest BCUT2D eigenvalue weighted by molar-refractivity contribution is 0.340. The summed E-state index contributed by atoms with van der Waals surface area (Å²) in [4.78, 5) is 4.46. The Bertz CT molecular complexity index is 491. The maximum absolute atomic E-state index is 5.80. The fraction of sp³-hybridized carbons (Fsp3) is 0.308. The van der Waals surface area contributed by atoms with Gasteiger partial charge < -0.3 is 9.30 Å². The second-order valence-electron chi connectivity index (χ2n) is 3.74. The predicted molar refractivity (Wildman–Crippen MR) is 69.4 cm³/mol. The number of rotatable bonds is 4. The van der Waals surface area contributed by atoms with E-state index in [4.69, 9.17) is 16.3 Å². The van der Waals surface area contributed by atoms with Crippen LogP contribution in [-0.4, -0.2) is 16.2 Å². The number of nitrogens with zero attached hydrogens (tertiary/aromatic N) is 2. The quantitative estimate of drug-likeness (QED) is 0.779. The number of halogens is 1. The second kappa shape index (κ2) is 5.23. The number of aryl methyl sites for hydroxylation is 1. The molecule has 3 nitrogen and oxygen atoms in total. The van der Waals surface area contributed by atoms with Crippen molar-refractivity contribution in [3.05, 3.63) is 36.3 Å². The Morgan fingerprint density at radius 3 is 2.53 bits per heavy atom. The number of alkyl halides is 1. The van der Waals surface area contributed by atoms with Gasteiger partial charge in [-0.3, -0.25) is 0 Å². The summed E-state index contributed by atoms with van der Waals surface area (Å²) in [6.45, 7) is 2.65. The normalized spacial score (nSPS) is 10.5. The lowest BCUT2D eigenvalue weighted by Gasteiger charge is -2.02. The summed E-state index contributed by atoms with van der Waals surface area (Å²) in [6, 6.07) is 7.92. The molecule has 0 bridgehead atoms. The minimum absolute atomic E-state index is 0.424. The maximum atomic E-state index is 5.80. The third-order valence-corrected chi connectivity index (χ3v) is 2.79. The molecule has 0 unspecified atom stereocenters. The smallest absolute Gasteiger partial charge is 0.124 e. The minimum atomic E-state index is 0.424. The van der Waals surface area contributed by atoms with E-state index in [0.29, 0.717) is 12.5 Å².